The number of nitrogens with two attached hydrogens (primary N) is 1. The second kappa shape index (κ2) is 6.82. The minimum Gasteiger partial charge on any atom is -0.382 e. The molecule has 3 aromatic rings. The highest BCUT2D eigenvalue weighted by Crippen LogP contribution is 2.27. The van der Waals surface area contributed by atoms with E-state index in [2.05, 4.69) is 15.0 Å². The van der Waals surface area contributed by atoms with E-state index >= 15 is 0 Å². The first kappa shape index (κ1) is 18.3. The van der Waals surface area contributed by atoms with Gasteiger partial charge < -0.3 is 15.2 Å². The normalized spacial score (nSPS) is 15.8. The van der Waals surface area contributed by atoms with Crippen molar-refractivity contribution >= 4 is 33.1 Å². The van der Waals surface area contributed by atoms with Gasteiger partial charge in [-0.1, -0.05) is 0 Å². The number of likely N-dealkylation sites (tertiary alicyclic amines) is 1. The lowest BCUT2D eigenvalue weighted by molar-refractivity contribution is 0.0695. The fraction of sp³-hybridized carbons (Fsp3) is 0.294. The fourth-order valence-electron chi connectivity index (χ4n) is 3.43. The maximum Gasteiger partial charge on any atom is 0.332 e. The number of carbonyl (C=O) groups excluding carboxylic acids is 1. The topological polar surface area (TPSA) is 124 Å². The molecule has 0 saturated carbocycles. The first-order valence-corrected chi connectivity index (χ1v) is 10.00. The van der Waals surface area contributed by atoms with Gasteiger partial charge in [-0.2, -0.15) is 8.42 Å². The van der Waals surface area contributed by atoms with Gasteiger partial charge in [0, 0.05) is 24.7 Å². The van der Waals surface area contributed by atoms with E-state index < -0.39 is 15.1 Å². The molecule has 1 aliphatic heterocycles. The predicted octanol–water partition coefficient (Wildman–Crippen LogP) is 1.54. The average molecular weight is 404 g/mol. The second-order valence-corrected chi connectivity index (χ2v) is 7.92. The van der Waals surface area contributed by atoms with E-state index in [9.17, 15) is 17.1 Å². The van der Waals surface area contributed by atoms with E-state index in [4.69, 9.17) is 5.73 Å². The molecule has 1 aliphatic rings. The molecule has 28 heavy (non-hydrogen) atoms. The number of nitrogens with zero attached hydrogens (tertiary/aromatic N) is 5. The zero-order valence-corrected chi connectivity index (χ0v) is 15.5. The highest BCUT2D eigenvalue weighted by Gasteiger charge is 2.26. The van der Waals surface area contributed by atoms with Gasteiger partial charge in [0.2, 0.25) is 0 Å². The van der Waals surface area contributed by atoms with E-state index in [0.717, 1.165) is 12.1 Å². The van der Waals surface area contributed by atoms with Crippen LogP contribution in [-0.4, -0.2) is 51.8 Å². The van der Waals surface area contributed by atoms with E-state index in [1.54, 1.807) is 11.2 Å². The zero-order chi connectivity index (χ0) is 19.9. The highest BCUT2D eigenvalue weighted by molar-refractivity contribution is 7.86. The molecular formula is C17H17FN6O3S. The summed E-state index contributed by atoms with van der Waals surface area (Å²) in [6, 6.07) is 4.96. The van der Waals surface area contributed by atoms with Crippen LogP contribution in [0.15, 0.2) is 41.8 Å². The van der Waals surface area contributed by atoms with Crippen molar-refractivity contribution in [3.8, 4) is 0 Å². The number of piperidine rings is 1. The number of amides is 1. The SMILES string of the molecule is Nc1ncnc2c1ncn2C1CCN(C(=O)c2ccc(S(=O)(=O)F)cc2)CC1. The Balaban J connectivity index is 1.46. The van der Waals surface area contributed by atoms with Crippen LogP contribution >= 0.6 is 0 Å². The summed E-state index contributed by atoms with van der Waals surface area (Å²) in [7, 11) is -4.78. The maximum absolute atomic E-state index is 13.0. The third-order valence-corrected chi connectivity index (χ3v) is 5.75. The van der Waals surface area contributed by atoms with Gasteiger partial charge in [0.25, 0.3) is 5.91 Å². The molecule has 4 rings (SSSR count). The summed E-state index contributed by atoms with van der Waals surface area (Å²) < 4.78 is 36.7. The number of nitrogen functional groups attached to an aromatic ring is 1. The highest BCUT2D eigenvalue weighted by atomic mass is 32.3. The van der Waals surface area contributed by atoms with E-state index in [1.165, 1.54) is 18.5 Å². The van der Waals surface area contributed by atoms with Gasteiger partial charge >= 0.3 is 10.2 Å². The van der Waals surface area contributed by atoms with Gasteiger partial charge in [0.05, 0.1) is 11.2 Å². The lowest BCUT2D eigenvalue weighted by Gasteiger charge is -2.32. The molecule has 0 atom stereocenters. The molecule has 9 nitrogen and oxygen atoms in total. The number of fused-ring (bicyclic) bond motifs is 1. The summed E-state index contributed by atoms with van der Waals surface area (Å²) in [5.74, 6) is 0.110. The number of anilines is 1. The largest absolute Gasteiger partial charge is 0.382 e. The molecule has 2 N–H and O–H groups in total. The molecule has 11 heteroatoms. The number of benzene rings is 1. The number of aromatic nitrogens is 4. The summed E-state index contributed by atoms with van der Waals surface area (Å²) >= 11 is 0. The van der Waals surface area contributed by atoms with Gasteiger partial charge in [0.15, 0.2) is 11.5 Å². The van der Waals surface area contributed by atoms with Crippen LogP contribution in [0.5, 0.6) is 0 Å². The molecule has 0 unspecified atom stereocenters. The molecule has 0 radical (unpaired) electrons. The Morgan fingerprint density at radius 2 is 1.79 bits per heavy atom. The van der Waals surface area contributed by atoms with Crippen molar-refractivity contribution in [2.45, 2.75) is 23.8 Å². The molecule has 1 saturated heterocycles. The molecule has 146 valence electrons. The minimum atomic E-state index is -4.78. The van der Waals surface area contributed by atoms with Gasteiger partial charge in [-0.15, -0.1) is 3.89 Å². The van der Waals surface area contributed by atoms with Crippen molar-refractivity contribution in [3.05, 3.63) is 42.5 Å². The van der Waals surface area contributed by atoms with Gasteiger partial charge in [-0.05, 0) is 37.1 Å². The van der Waals surface area contributed by atoms with Crippen LogP contribution in [0.3, 0.4) is 0 Å². The molecule has 1 fully saturated rings. The first-order valence-electron chi connectivity index (χ1n) is 8.61. The van der Waals surface area contributed by atoms with Crippen molar-refractivity contribution in [3.63, 3.8) is 0 Å². The van der Waals surface area contributed by atoms with Crippen molar-refractivity contribution in [2.75, 3.05) is 18.8 Å². The quantitative estimate of drug-likeness (QED) is 0.657. The molecule has 0 spiro atoms. The minimum absolute atomic E-state index is 0.127. The number of hydrogen-bond donors (Lipinski definition) is 1. The van der Waals surface area contributed by atoms with Crippen LogP contribution in [0, 0.1) is 0 Å². The fourth-order valence-corrected chi connectivity index (χ4v) is 3.89. The van der Waals surface area contributed by atoms with Gasteiger partial charge in [-0.3, -0.25) is 4.79 Å². The summed E-state index contributed by atoms with van der Waals surface area (Å²) in [5, 5.41) is 0. The first-order chi connectivity index (χ1) is 13.3. The Bertz CT molecular complexity index is 1140. The van der Waals surface area contributed by atoms with Crippen molar-refractivity contribution in [1.29, 1.82) is 0 Å². The van der Waals surface area contributed by atoms with E-state index in [-0.39, 0.29) is 11.9 Å². The van der Waals surface area contributed by atoms with Crippen molar-refractivity contribution in [1.82, 2.24) is 24.4 Å². The Labute approximate surface area is 160 Å². The molecule has 3 heterocycles. The third-order valence-electron chi connectivity index (χ3n) is 4.91. The number of halogens is 1. The molecule has 0 bridgehead atoms. The van der Waals surface area contributed by atoms with Crippen LogP contribution < -0.4 is 5.73 Å². The Morgan fingerprint density at radius 3 is 2.43 bits per heavy atom. The Morgan fingerprint density at radius 1 is 1.11 bits per heavy atom. The lowest BCUT2D eigenvalue weighted by Crippen LogP contribution is -2.39. The summed E-state index contributed by atoms with van der Waals surface area (Å²) in [4.78, 5) is 26.3. The molecule has 2 aromatic heterocycles. The van der Waals surface area contributed by atoms with E-state index in [1.807, 2.05) is 4.57 Å². The van der Waals surface area contributed by atoms with Crippen molar-refractivity contribution < 1.29 is 17.1 Å². The monoisotopic (exact) mass is 404 g/mol. The van der Waals surface area contributed by atoms with E-state index in [0.29, 0.717) is 48.5 Å². The lowest BCUT2D eigenvalue weighted by atomic mass is 10.0. The maximum atomic E-state index is 13.0. The smallest absolute Gasteiger partial charge is 0.332 e. The number of rotatable bonds is 3. The third kappa shape index (κ3) is 3.28. The van der Waals surface area contributed by atoms with Crippen LogP contribution in [0.2, 0.25) is 0 Å². The summed E-state index contributed by atoms with van der Waals surface area (Å²) in [6.45, 7) is 1.04. The number of imidazole rings is 1. The molecule has 0 aliphatic carbocycles. The molecule has 1 amide bonds. The van der Waals surface area contributed by atoms with Crippen LogP contribution in [0.4, 0.5) is 9.70 Å². The number of hydrogen-bond acceptors (Lipinski definition) is 7. The van der Waals surface area contributed by atoms with Gasteiger partial charge in [0.1, 0.15) is 11.8 Å². The molecule has 1 aromatic carbocycles. The Kier molecular flexibility index (Phi) is 4.46. The summed E-state index contributed by atoms with van der Waals surface area (Å²) in [6.07, 6.45) is 4.50. The van der Waals surface area contributed by atoms with Crippen LogP contribution in [-0.2, 0) is 10.2 Å². The zero-order valence-electron chi connectivity index (χ0n) is 14.7. The predicted molar refractivity (Wildman–Crippen MR) is 98.6 cm³/mol. The average Bonchev–Trinajstić information content (AvgIpc) is 3.12. The standard InChI is InChI=1S/C17H17FN6O3S/c18-28(26,27)13-3-1-11(2-4-13)17(25)23-7-5-12(6-8-23)24-10-22-14-15(19)20-9-21-16(14)24/h1-4,9-10,12H,5-8H2,(H2,19,20,21). The summed E-state index contributed by atoms with van der Waals surface area (Å²) in [5.41, 5.74) is 7.37. The molecular weight excluding hydrogens is 387 g/mol. The van der Waals surface area contributed by atoms with Crippen LogP contribution in [0.1, 0.15) is 29.2 Å². The van der Waals surface area contributed by atoms with Gasteiger partial charge in [-0.25, -0.2) is 15.0 Å². The number of carbonyl (C=O) groups is 1. The van der Waals surface area contributed by atoms with Crippen molar-refractivity contribution in [2.24, 2.45) is 0 Å². The van der Waals surface area contributed by atoms with Crippen LogP contribution in [0.25, 0.3) is 11.2 Å². The Hall–Kier alpha value is -3.08. The second-order valence-electron chi connectivity index (χ2n) is 6.57.